The van der Waals surface area contributed by atoms with Crippen LogP contribution in [0, 0.1) is 5.92 Å². The highest BCUT2D eigenvalue weighted by molar-refractivity contribution is 6.00. The SMILES string of the molecule is CCC(CCC(C)C(=O)c1ccc2nc3c(cc2c1)CCCO3)OC. The van der Waals surface area contributed by atoms with E-state index in [4.69, 9.17) is 9.47 Å². The molecule has 2 aromatic rings. The van der Waals surface area contributed by atoms with Crippen LogP contribution in [0.5, 0.6) is 5.88 Å². The van der Waals surface area contributed by atoms with E-state index in [1.807, 2.05) is 25.1 Å². The Hall–Kier alpha value is -1.94. The molecule has 4 heteroatoms. The number of methoxy groups -OCH3 is 1. The number of hydrogen-bond donors (Lipinski definition) is 0. The van der Waals surface area contributed by atoms with Crippen molar-refractivity contribution >= 4 is 16.7 Å². The predicted molar refractivity (Wildman–Crippen MR) is 99.4 cm³/mol. The summed E-state index contributed by atoms with van der Waals surface area (Å²) in [4.78, 5) is 17.4. The summed E-state index contributed by atoms with van der Waals surface area (Å²) >= 11 is 0. The molecule has 0 spiro atoms. The average molecular weight is 341 g/mol. The molecule has 0 N–H and O–H groups in total. The fourth-order valence-electron chi connectivity index (χ4n) is 3.43. The van der Waals surface area contributed by atoms with Crippen molar-refractivity contribution in [1.82, 2.24) is 4.98 Å². The largest absolute Gasteiger partial charge is 0.477 e. The van der Waals surface area contributed by atoms with E-state index >= 15 is 0 Å². The van der Waals surface area contributed by atoms with E-state index in [2.05, 4.69) is 18.0 Å². The van der Waals surface area contributed by atoms with E-state index < -0.39 is 0 Å². The van der Waals surface area contributed by atoms with Crippen LogP contribution in [0.1, 0.15) is 55.5 Å². The van der Waals surface area contributed by atoms with Crippen LogP contribution in [0.2, 0.25) is 0 Å². The molecule has 0 fully saturated rings. The van der Waals surface area contributed by atoms with Crippen molar-refractivity contribution in [2.24, 2.45) is 5.92 Å². The third-order valence-electron chi connectivity index (χ3n) is 5.13. The summed E-state index contributed by atoms with van der Waals surface area (Å²) in [5.41, 5.74) is 2.79. The molecule has 0 saturated heterocycles. The number of ketones is 1. The van der Waals surface area contributed by atoms with Crippen molar-refractivity contribution in [2.45, 2.75) is 52.1 Å². The summed E-state index contributed by atoms with van der Waals surface area (Å²) in [6, 6.07) is 7.91. The Labute approximate surface area is 149 Å². The first-order chi connectivity index (χ1) is 12.1. The Morgan fingerprint density at radius 3 is 2.92 bits per heavy atom. The number of aryl methyl sites for hydroxylation is 1. The maximum absolute atomic E-state index is 12.8. The topological polar surface area (TPSA) is 48.4 Å². The second-order valence-electron chi connectivity index (χ2n) is 6.92. The van der Waals surface area contributed by atoms with Gasteiger partial charge in [0.1, 0.15) is 0 Å². The number of rotatable bonds is 7. The van der Waals surface area contributed by atoms with Gasteiger partial charge in [-0.3, -0.25) is 4.79 Å². The molecular formula is C21H27NO3. The minimum atomic E-state index is -0.00410. The van der Waals surface area contributed by atoms with Crippen LogP contribution >= 0.6 is 0 Å². The fraction of sp³-hybridized carbons (Fsp3) is 0.524. The van der Waals surface area contributed by atoms with Crippen molar-refractivity contribution in [3.8, 4) is 5.88 Å². The van der Waals surface area contributed by atoms with E-state index in [0.717, 1.165) is 66.6 Å². The Bertz CT molecular complexity index is 752. The van der Waals surface area contributed by atoms with Gasteiger partial charge in [0.2, 0.25) is 5.88 Å². The lowest BCUT2D eigenvalue weighted by atomic mass is 9.92. The van der Waals surface area contributed by atoms with Gasteiger partial charge in [-0.25, -0.2) is 4.98 Å². The highest BCUT2D eigenvalue weighted by Gasteiger charge is 2.19. The first-order valence-electron chi connectivity index (χ1n) is 9.25. The zero-order chi connectivity index (χ0) is 17.8. The number of fused-ring (bicyclic) bond motifs is 2. The number of carbonyl (C=O) groups excluding carboxylic acids is 1. The number of nitrogens with zero attached hydrogens (tertiary/aromatic N) is 1. The molecule has 2 heterocycles. The molecule has 1 aliphatic rings. The van der Waals surface area contributed by atoms with Gasteiger partial charge in [0.25, 0.3) is 0 Å². The summed E-state index contributed by atoms with van der Waals surface area (Å²) in [5, 5.41) is 1.02. The van der Waals surface area contributed by atoms with Gasteiger partial charge in [-0.05, 0) is 56.4 Å². The molecular weight excluding hydrogens is 314 g/mol. The maximum atomic E-state index is 12.8. The average Bonchev–Trinajstić information content (AvgIpc) is 2.65. The molecule has 0 bridgehead atoms. The second kappa shape index (κ2) is 7.96. The van der Waals surface area contributed by atoms with Gasteiger partial charge in [-0.15, -0.1) is 0 Å². The van der Waals surface area contributed by atoms with Crippen molar-refractivity contribution in [3.05, 3.63) is 35.4 Å². The normalized spacial score (nSPS) is 16.1. The summed E-state index contributed by atoms with van der Waals surface area (Å²) in [6.45, 7) is 4.86. The summed E-state index contributed by atoms with van der Waals surface area (Å²) in [6.07, 6.45) is 4.99. The van der Waals surface area contributed by atoms with Crippen LogP contribution in [0.15, 0.2) is 24.3 Å². The first kappa shape index (κ1) is 17.9. The molecule has 0 saturated carbocycles. The maximum Gasteiger partial charge on any atom is 0.217 e. The highest BCUT2D eigenvalue weighted by Crippen LogP contribution is 2.28. The lowest BCUT2D eigenvalue weighted by molar-refractivity contribution is 0.0792. The van der Waals surface area contributed by atoms with E-state index in [-0.39, 0.29) is 17.8 Å². The number of benzene rings is 1. The highest BCUT2D eigenvalue weighted by atomic mass is 16.5. The van der Waals surface area contributed by atoms with E-state index in [1.54, 1.807) is 7.11 Å². The Morgan fingerprint density at radius 2 is 2.16 bits per heavy atom. The zero-order valence-electron chi connectivity index (χ0n) is 15.4. The molecule has 1 aromatic carbocycles. The molecule has 1 aliphatic heterocycles. The molecule has 0 radical (unpaired) electrons. The Morgan fingerprint density at radius 1 is 1.32 bits per heavy atom. The van der Waals surface area contributed by atoms with E-state index in [0.29, 0.717) is 0 Å². The smallest absolute Gasteiger partial charge is 0.217 e. The van der Waals surface area contributed by atoms with Gasteiger partial charge < -0.3 is 9.47 Å². The van der Waals surface area contributed by atoms with Gasteiger partial charge in [0, 0.05) is 29.5 Å². The summed E-state index contributed by atoms with van der Waals surface area (Å²) in [7, 11) is 1.74. The third-order valence-corrected chi connectivity index (χ3v) is 5.13. The lowest BCUT2D eigenvalue weighted by Crippen LogP contribution is -2.16. The lowest BCUT2D eigenvalue weighted by Gasteiger charge is -2.17. The number of carbonyl (C=O) groups is 1. The standard InChI is InChI=1S/C21H27NO3/c1-4-18(24-3)9-7-14(2)20(23)15-8-10-19-17(12-15)13-16-6-5-11-25-21(16)22-19/h8,10,12-14,18H,4-7,9,11H2,1-3H3. The van der Waals surface area contributed by atoms with Gasteiger partial charge in [-0.2, -0.15) is 0 Å². The summed E-state index contributed by atoms with van der Waals surface area (Å²) in [5.74, 6) is 0.939. The molecule has 134 valence electrons. The van der Waals surface area contributed by atoms with Crippen molar-refractivity contribution in [3.63, 3.8) is 0 Å². The van der Waals surface area contributed by atoms with Gasteiger partial charge in [-0.1, -0.05) is 13.8 Å². The Kier molecular flexibility index (Phi) is 5.69. The minimum Gasteiger partial charge on any atom is -0.477 e. The quantitative estimate of drug-likeness (QED) is 0.692. The minimum absolute atomic E-state index is 0.00410. The Balaban J connectivity index is 1.77. The van der Waals surface area contributed by atoms with Crippen LogP contribution in [0.4, 0.5) is 0 Å². The molecule has 0 amide bonds. The van der Waals surface area contributed by atoms with E-state index in [9.17, 15) is 4.79 Å². The zero-order valence-corrected chi connectivity index (χ0v) is 15.4. The molecule has 4 nitrogen and oxygen atoms in total. The van der Waals surface area contributed by atoms with Crippen molar-refractivity contribution in [1.29, 1.82) is 0 Å². The number of hydrogen-bond acceptors (Lipinski definition) is 4. The van der Waals surface area contributed by atoms with Crippen molar-refractivity contribution < 1.29 is 14.3 Å². The van der Waals surface area contributed by atoms with E-state index in [1.165, 1.54) is 0 Å². The van der Waals surface area contributed by atoms with Crippen LogP contribution in [-0.2, 0) is 11.2 Å². The van der Waals surface area contributed by atoms with Crippen LogP contribution in [0.3, 0.4) is 0 Å². The number of ether oxygens (including phenoxy) is 2. The number of Topliss-reactive ketones (excluding diaryl/α,β-unsaturated/α-hetero) is 1. The molecule has 1 aromatic heterocycles. The molecule has 2 atom stereocenters. The number of aromatic nitrogens is 1. The number of pyridine rings is 1. The van der Waals surface area contributed by atoms with Crippen LogP contribution in [0.25, 0.3) is 10.9 Å². The van der Waals surface area contributed by atoms with Gasteiger partial charge in [0.05, 0.1) is 18.2 Å². The van der Waals surface area contributed by atoms with Crippen LogP contribution < -0.4 is 4.74 Å². The first-order valence-corrected chi connectivity index (χ1v) is 9.25. The molecule has 0 aliphatic carbocycles. The molecule has 3 rings (SSSR count). The fourth-order valence-corrected chi connectivity index (χ4v) is 3.43. The predicted octanol–water partition coefficient (Wildman–Crippen LogP) is 4.58. The third kappa shape index (κ3) is 4.01. The molecule has 25 heavy (non-hydrogen) atoms. The van der Waals surface area contributed by atoms with Crippen molar-refractivity contribution in [2.75, 3.05) is 13.7 Å². The molecule has 2 unspecified atom stereocenters. The van der Waals surface area contributed by atoms with Gasteiger partial charge in [0.15, 0.2) is 5.78 Å². The monoisotopic (exact) mass is 341 g/mol. The van der Waals surface area contributed by atoms with Gasteiger partial charge >= 0.3 is 0 Å². The summed E-state index contributed by atoms with van der Waals surface area (Å²) < 4.78 is 11.0. The second-order valence-corrected chi connectivity index (χ2v) is 6.92. The van der Waals surface area contributed by atoms with Crippen LogP contribution in [-0.4, -0.2) is 30.6 Å².